The van der Waals surface area contributed by atoms with E-state index in [-0.39, 0.29) is 11.8 Å². The van der Waals surface area contributed by atoms with Crippen LogP contribution in [0.5, 0.6) is 0 Å². The summed E-state index contributed by atoms with van der Waals surface area (Å²) >= 11 is 0. The summed E-state index contributed by atoms with van der Waals surface area (Å²) < 4.78 is 0. The van der Waals surface area contributed by atoms with Crippen molar-refractivity contribution in [1.29, 1.82) is 0 Å². The van der Waals surface area contributed by atoms with Crippen LogP contribution >= 0.6 is 0 Å². The van der Waals surface area contributed by atoms with E-state index < -0.39 is 0 Å². The van der Waals surface area contributed by atoms with E-state index in [4.69, 9.17) is 5.73 Å². The lowest BCUT2D eigenvalue weighted by molar-refractivity contribution is -0.116. The minimum absolute atomic E-state index is 0.0720. The van der Waals surface area contributed by atoms with E-state index in [0.29, 0.717) is 23.7 Å². The third kappa shape index (κ3) is 6.72. The van der Waals surface area contributed by atoms with Crippen molar-refractivity contribution in [2.75, 3.05) is 25.4 Å². The highest BCUT2D eigenvalue weighted by molar-refractivity contribution is 5.95. The van der Waals surface area contributed by atoms with Crippen molar-refractivity contribution >= 4 is 23.6 Å². The zero-order valence-electron chi connectivity index (χ0n) is 17.3. The standard InChI is InChI=1S/C24H30N4O2/c25-22-8-3-7-21(17-22)24(30)28-15-11-19(12-16-28)5-1-2-14-27-23(29)10-9-20-6-4-13-26-18-20/h3-4,6-10,13,17-19H,1-2,5,11-12,14-16,25H2,(H,27,29)/b10-9+. The Morgan fingerprint density at radius 2 is 2.00 bits per heavy atom. The zero-order chi connectivity index (χ0) is 21.2. The summed E-state index contributed by atoms with van der Waals surface area (Å²) in [6.45, 7) is 2.28. The highest BCUT2D eigenvalue weighted by atomic mass is 16.2. The van der Waals surface area contributed by atoms with Crippen LogP contribution in [0.25, 0.3) is 6.08 Å². The second-order valence-electron chi connectivity index (χ2n) is 7.77. The Morgan fingerprint density at radius 1 is 1.17 bits per heavy atom. The Morgan fingerprint density at radius 3 is 2.73 bits per heavy atom. The SMILES string of the molecule is Nc1cccc(C(=O)N2CCC(CCCCNC(=O)/C=C/c3cccnc3)CC2)c1. The Labute approximate surface area is 178 Å². The Hall–Kier alpha value is -3.15. The van der Waals surface area contributed by atoms with Gasteiger partial charge in [-0.1, -0.05) is 25.0 Å². The number of aromatic nitrogens is 1. The minimum atomic E-state index is -0.0766. The number of piperidine rings is 1. The minimum Gasteiger partial charge on any atom is -0.399 e. The monoisotopic (exact) mass is 406 g/mol. The van der Waals surface area contributed by atoms with Crippen molar-refractivity contribution in [2.24, 2.45) is 5.92 Å². The maximum Gasteiger partial charge on any atom is 0.253 e. The van der Waals surface area contributed by atoms with Gasteiger partial charge in [0.25, 0.3) is 5.91 Å². The van der Waals surface area contributed by atoms with Gasteiger partial charge in [0, 0.05) is 49.4 Å². The van der Waals surface area contributed by atoms with Crippen LogP contribution in [0.2, 0.25) is 0 Å². The number of nitrogens with two attached hydrogens (primary N) is 1. The molecule has 2 aromatic rings. The van der Waals surface area contributed by atoms with Crippen molar-refractivity contribution in [3.63, 3.8) is 0 Å². The van der Waals surface area contributed by atoms with E-state index in [0.717, 1.165) is 50.8 Å². The lowest BCUT2D eigenvalue weighted by Gasteiger charge is -2.32. The van der Waals surface area contributed by atoms with Gasteiger partial charge in [0.2, 0.25) is 5.91 Å². The fourth-order valence-corrected chi connectivity index (χ4v) is 3.75. The molecule has 1 aromatic carbocycles. The van der Waals surface area contributed by atoms with E-state index in [1.807, 2.05) is 29.2 Å². The van der Waals surface area contributed by atoms with Gasteiger partial charge in [0.15, 0.2) is 0 Å². The fourth-order valence-electron chi connectivity index (χ4n) is 3.75. The summed E-state index contributed by atoms with van der Waals surface area (Å²) in [4.78, 5) is 30.4. The molecule has 0 spiro atoms. The summed E-state index contributed by atoms with van der Waals surface area (Å²) in [5, 5.41) is 2.93. The molecule has 30 heavy (non-hydrogen) atoms. The number of nitrogen functional groups attached to an aromatic ring is 1. The number of unbranched alkanes of at least 4 members (excludes halogenated alkanes) is 1. The number of pyridine rings is 1. The van der Waals surface area contributed by atoms with Gasteiger partial charge in [-0.15, -0.1) is 0 Å². The molecule has 1 aliphatic heterocycles. The second kappa shape index (κ2) is 11.1. The third-order valence-corrected chi connectivity index (χ3v) is 5.49. The fraction of sp³-hybridized carbons (Fsp3) is 0.375. The van der Waals surface area contributed by atoms with Crippen LogP contribution in [0.1, 0.15) is 48.0 Å². The highest BCUT2D eigenvalue weighted by Gasteiger charge is 2.23. The first-order valence-corrected chi connectivity index (χ1v) is 10.6. The predicted octanol–water partition coefficient (Wildman–Crippen LogP) is 3.52. The molecule has 3 rings (SSSR count). The molecule has 0 unspecified atom stereocenters. The molecule has 158 valence electrons. The van der Waals surface area contributed by atoms with Crippen molar-refractivity contribution in [1.82, 2.24) is 15.2 Å². The van der Waals surface area contributed by atoms with Crippen LogP contribution in [-0.4, -0.2) is 41.3 Å². The molecule has 6 nitrogen and oxygen atoms in total. The summed E-state index contributed by atoms with van der Waals surface area (Å²) in [6, 6.07) is 10.9. The number of carbonyl (C=O) groups excluding carboxylic acids is 2. The average Bonchev–Trinajstić information content (AvgIpc) is 2.78. The maximum absolute atomic E-state index is 12.6. The first-order chi connectivity index (χ1) is 14.6. The normalized spacial score (nSPS) is 14.7. The number of likely N-dealkylation sites (tertiary alicyclic amines) is 1. The molecule has 2 heterocycles. The van der Waals surface area contributed by atoms with E-state index in [2.05, 4.69) is 10.3 Å². The smallest absolute Gasteiger partial charge is 0.253 e. The Balaban J connectivity index is 1.28. The third-order valence-electron chi connectivity index (χ3n) is 5.49. The van der Waals surface area contributed by atoms with Gasteiger partial charge in [-0.3, -0.25) is 14.6 Å². The van der Waals surface area contributed by atoms with Crippen LogP contribution < -0.4 is 11.1 Å². The molecule has 0 atom stereocenters. The molecule has 6 heteroatoms. The number of anilines is 1. The van der Waals surface area contributed by atoms with Crippen molar-refractivity contribution in [2.45, 2.75) is 32.1 Å². The summed E-state index contributed by atoms with van der Waals surface area (Å²) in [7, 11) is 0. The van der Waals surface area contributed by atoms with E-state index in [1.165, 1.54) is 0 Å². The van der Waals surface area contributed by atoms with Gasteiger partial charge in [-0.05, 0) is 61.1 Å². The second-order valence-corrected chi connectivity index (χ2v) is 7.77. The molecular formula is C24H30N4O2. The van der Waals surface area contributed by atoms with Crippen LogP contribution in [0.15, 0.2) is 54.9 Å². The number of carbonyl (C=O) groups is 2. The molecule has 1 aromatic heterocycles. The highest BCUT2D eigenvalue weighted by Crippen LogP contribution is 2.24. The molecule has 0 bridgehead atoms. The summed E-state index contributed by atoms with van der Waals surface area (Å²) in [5.74, 6) is 0.645. The predicted molar refractivity (Wildman–Crippen MR) is 120 cm³/mol. The van der Waals surface area contributed by atoms with Gasteiger partial charge in [-0.2, -0.15) is 0 Å². The van der Waals surface area contributed by atoms with Crippen molar-refractivity contribution in [3.8, 4) is 0 Å². The molecule has 0 radical (unpaired) electrons. The van der Waals surface area contributed by atoms with Gasteiger partial charge >= 0.3 is 0 Å². The molecule has 1 saturated heterocycles. The Kier molecular flexibility index (Phi) is 8.01. The lowest BCUT2D eigenvalue weighted by atomic mass is 9.91. The van der Waals surface area contributed by atoms with Gasteiger partial charge in [0.05, 0.1) is 0 Å². The van der Waals surface area contributed by atoms with E-state index >= 15 is 0 Å². The number of rotatable bonds is 8. The van der Waals surface area contributed by atoms with Gasteiger partial charge in [-0.25, -0.2) is 0 Å². The molecule has 1 fully saturated rings. The van der Waals surface area contributed by atoms with E-state index in [9.17, 15) is 9.59 Å². The van der Waals surface area contributed by atoms with Crippen LogP contribution in [0.4, 0.5) is 5.69 Å². The quantitative estimate of drug-likeness (QED) is 0.399. The van der Waals surface area contributed by atoms with Gasteiger partial charge in [0.1, 0.15) is 0 Å². The lowest BCUT2D eigenvalue weighted by Crippen LogP contribution is -2.38. The van der Waals surface area contributed by atoms with Gasteiger partial charge < -0.3 is 16.0 Å². The molecular weight excluding hydrogens is 376 g/mol. The van der Waals surface area contributed by atoms with E-state index in [1.54, 1.807) is 36.7 Å². The zero-order valence-corrected chi connectivity index (χ0v) is 17.3. The number of nitrogens with one attached hydrogen (secondary N) is 1. The first kappa shape index (κ1) is 21.6. The number of nitrogens with zero attached hydrogens (tertiary/aromatic N) is 2. The summed E-state index contributed by atoms with van der Waals surface area (Å²) in [6.07, 6.45) is 12.0. The topological polar surface area (TPSA) is 88.3 Å². The van der Waals surface area contributed by atoms with Crippen LogP contribution in [-0.2, 0) is 4.79 Å². The number of amides is 2. The largest absolute Gasteiger partial charge is 0.399 e. The average molecular weight is 407 g/mol. The first-order valence-electron chi connectivity index (χ1n) is 10.6. The number of hydrogen-bond acceptors (Lipinski definition) is 4. The van der Waals surface area contributed by atoms with Crippen LogP contribution in [0, 0.1) is 5.92 Å². The molecule has 0 saturated carbocycles. The molecule has 1 aliphatic rings. The molecule has 3 N–H and O–H groups in total. The molecule has 2 amide bonds. The maximum atomic E-state index is 12.6. The van der Waals surface area contributed by atoms with Crippen molar-refractivity contribution < 1.29 is 9.59 Å². The number of benzene rings is 1. The summed E-state index contributed by atoms with van der Waals surface area (Å²) in [5.41, 5.74) is 7.99. The molecule has 0 aliphatic carbocycles. The Bertz CT molecular complexity index is 859. The van der Waals surface area contributed by atoms with Crippen LogP contribution in [0.3, 0.4) is 0 Å². The number of hydrogen-bond donors (Lipinski definition) is 2. The van der Waals surface area contributed by atoms with Crippen molar-refractivity contribution in [3.05, 3.63) is 66.0 Å².